The fraction of sp³-hybridized carbons (Fsp3) is 0.500. The number of hydrogen-bond acceptors (Lipinski definition) is 1. The highest BCUT2D eigenvalue weighted by atomic mass is 35.5. The van der Waals surface area contributed by atoms with Gasteiger partial charge in [-0.05, 0) is 42.9 Å². The maximum Gasteiger partial charge on any atom is 0.228 e. The molecule has 1 aromatic carbocycles. The van der Waals surface area contributed by atoms with Crippen molar-refractivity contribution >= 4 is 23.2 Å². The van der Waals surface area contributed by atoms with E-state index in [0.29, 0.717) is 17.5 Å². The van der Waals surface area contributed by atoms with Crippen LogP contribution in [0.15, 0.2) is 18.2 Å². The molecule has 0 bridgehead atoms. The van der Waals surface area contributed by atoms with Crippen molar-refractivity contribution in [3.63, 3.8) is 0 Å². The third kappa shape index (κ3) is 2.12. The highest BCUT2D eigenvalue weighted by Crippen LogP contribution is 2.55. The third-order valence-corrected chi connectivity index (χ3v) is 4.44. The number of halogens is 2. The van der Waals surface area contributed by atoms with Gasteiger partial charge in [0, 0.05) is 11.6 Å². The number of benzene rings is 1. The van der Waals surface area contributed by atoms with Crippen molar-refractivity contribution in [1.29, 1.82) is 0 Å². The molecule has 2 saturated carbocycles. The number of carbonyl (C=O) groups excluding carboxylic acids is 1. The second kappa shape index (κ2) is 4.54. The van der Waals surface area contributed by atoms with Gasteiger partial charge in [-0.25, -0.2) is 4.39 Å². The summed E-state index contributed by atoms with van der Waals surface area (Å²) in [4.78, 5) is 12.1. The van der Waals surface area contributed by atoms with Gasteiger partial charge in [0.15, 0.2) is 0 Å². The largest absolute Gasteiger partial charge is 0.326 e. The van der Waals surface area contributed by atoms with E-state index >= 15 is 0 Å². The number of carbonyl (C=O) groups is 1. The van der Waals surface area contributed by atoms with Gasteiger partial charge in [-0.1, -0.05) is 24.4 Å². The molecule has 0 spiro atoms. The summed E-state index contributed by atoms with van der Waals surface area (Å²) in [5, 5.41) is 2.88. The predicted octanol–water partition coefficient (Wildman–Crippen LogP) is 3.85. The normalized spacial score (nSPS) is 29.6. The summed E-state index contributed by atoms with van der Waals surface area (Å²) in [6.07, 6.45) is 4.83. The van der Waals surface area contributed by atoms with Gasteiger partial charge < -0.3 is 5.32 Å². The summed E-state index contributed by atoms with van der Waals surface area (Å²) in [6.45, 7) is 0. The molecule has 2 nitrogen and oxygen atoms in total. The first-order valence-corrected chi connectivity index (χ1v) is 6.80. The van der Waals surface area contributed by atoms with Crippen LogP contribution in [-0.2, 0) is 4.79 Å². The summed E-state index contributed by atoms with van der Waals surface area (Å²) >= 11 is 5.69. The van der Waals surface area contributed by atoms with Crippen molar-refractivity contribution in [3.8, 4) is 0 Å². The maximum absolute atomic E-state index is 13.0. The standard InChI is InChI=1S/C14H15ClFNO/c15-11-7-8(5-6-12(11)16)17-14(18)13-9-3-1-2-4-10(9)13/h5-7,9-10,13H,1-4H2,(H,17,18)/t9-,10+,13?. The molecule has 96 valence electrons. The summed E-state index contributed by atoms with van der Waals surface area (Å²) in [5.41, 5.74) is 0.579. The topological polar surface area (TPSA) is 29.1 Å². The number of nitrogens with one attached hydrogen (secondary N) is 1. The molecule has 1 unspecified atom stereocenters. The zero-order chi connectivity index (χ0) is 12.7. The van der Waals surface area contributed by atoms with Gasteiger partial charge in [0.1, 0.15) is 5.82 Å². The average Bonchev–Trinajstić information content (AvgIpc) is 3.08. The molecule has 4 heteroatoms. The molecular weight excluding hydrogens is 253 g/mol. The Labute approximate surface area is 111 Å². The molecule has 1 N–H and O–H groups in total. The van der Waals surface area contributed by atoms with E-state index in [4.69, 9.17) is 11.6 Å². The van der Waals surface area contributed by atoms with E-state index in [2.05, 4.69) is 5.32 Å². The Morgan fingerprint density at radius 1 is 1.28 bits per heavy atom. The molecule has 0 saturated heterocycles. The van der Waals surface area contributed by atoms with Crippen LogP contribution in [0.1, 0.15) is 25.7 Å². The van der Waals surface area contributed by atoms with Crippen molar-refractivity contribution < 1.29 is 9.18 Å². The molecular formula is C14H15ClFNO. The first kappa shape index (κ1) is 12.0. The summed E-state index contributed by atoms with van der Waals surface area (Å²) in [5.74, 6) is 0.921. The Balaban J connectivity index is 1.66. The van der Waals surface area contributed by atoms with Crippen LogP contribution in [0.3, 0.4) is 0 Å². The predicted molar refractivity (Wildman–Crippen MR) is 69.0 cm³/mol. The monoisotopic (exact) mass is 267 g/mol. The highest BCUT2D eigenvalue weighted by Gasteiger charge is 2.54. The van der Waals surface area contributed by atoms with Crippen LogP contribution in [0.4, 0.5) is 10.1 Å². The summed E-state index contributed by atoms with van der Waals surface area (Å²) in [7, 11) is 0. The van der Waals surface area contributed by atoms with E-state index in [9.17, 15) is 9.18 Å². The molecule has 0 heterocycles. The quantitative estimate of drug-likeness (QED) is 0.866. The molecule has 0 radical (unpaired) electrons. The van der Waals surface area contributed by atoms with Crippen LogP contribution >= 0.6 is 11.6 Å². The van der Waals surface area contributed by atoms with Gasteiger partial charge in [0.25, 0.3) is 0 Å². The molecule has 2 aliphatic rings. The van der Waals surface area contributed by atoms with Crippen molar-refractivity contribution in [2.45, 2.75) is 25.7 Å². The second-order valence-electron chi connectivity index (χ2n) is 5.26. The van der Waals surface area contributed by atoms with Gasteiger partial charge in [-0.15, -0.1) is 0 Å². The number of hydrogen-bond donors (Lipinski definition) is 1. The Morgan fingerprint density at radius 2 is 1.94 bits per heavy atom. The van der Waals surface area contributed by atoms with Crippen LogP contribution in [0.25, 0.3) is 0 Å². The molecule has 3 rings (SSSR count). The van der Waals surface area contributed by atoms with Gasteiger partial charge in [-0.2, -0.15) is 0 Å². The van der Waals surface area contributed by atoms with Crippen molar-refractivity contribution in [3.05, 3.63) is 29.0 Å². The first-order valence-electron chi connectivity index (χ1n) is 6.43. The van der Waals surface area contributed by atoms with E-state index in [1.54, 1.807) is 6.07 Å². The second-order valence-corrected chi connectivity index (χ2v) is 5.66. The Hall–Kier alpha value is -1.09. The molecule has 2 fully saturated rings. The lowest BCUT2D eigenvalue weighted by molar-refractivity contribution is -0.117. The molecule has 0 aliphatic heterocycles. The lowest BCUT2D eigenvalue weighted by atomic mass is 10.0. The zero-order valence-corrected chi connectivity index (χ0v) is 10.7. The SMILES string of the molecule is O=C(Nc1ccc(F)c(Cl)c1)C1[C@H]2CCCC[C@@H]12. The summed E-state index contributed by atoms with van der Waals surface area (Å²) < 4.78 is 13.0. The van der Waals surface area contributed by atoms with E-state index in [-0.39, 0.29) is 16.8 Å². The molecule has 3 atom stereocenters. The van der Waals surface area contributed by atoms with Gasteiger partial charge in [-0.3, -0.25) is 4.79 Å². The van der Waals surface area contributed by atoms with E-state index < -0.39 is 5.82 Å². The number of fused-ring (bicyclic) bond motifs is 1. The van der Waals surface area contributed by atoms with Gasteiger partial charge in [0.05, 0.1) is 5.02 Å². The minimum Gasteiger partial charge on any atom is -0.326 e. The van der Waals surface area contributed by atoms with Crippen molar-refractivity contribution in [2.24, 2.45) is 17.8 Å². The Morgan fingerprint density at radius 3 is 2.56 bits per heavy atom. The number of amides is 1. The average molecular weight is 268 g/mol. The summed E-state index contributed by atoms with van der Waals surface area (Å²) in [6, 6.07) is 4.28. The molecule has 18 heavy (non-hydrogen) atoms. The smallest absolute Gasteiger partial charge is 0.228 e. The highest BCUT2D eigenvalue weighted by molar-refractivity contribution is 6.31. The van der Waals surface area contributed by atoms with Crippen LogP contribution in [0, 0.1) is 23.6 Å². The fourth-order valence-corrected chi connectivity index (χ4v) is 3.36. The first-order chi connectivity index (χ1) is 8.66. The van der Waals surface area contributed by atoms with Crippen molar-refractivity contribution in [1.82, 2.24) is 0 Å². The van der Waals surface area contributed by atoms with Crippen LogP contribution in [-0.4, -0.2) is 5.91 Å². The van der Waals surface area contributed by atoms with Gasteiger partial charge >= 0.3 is 0 Å². The van der Waals surface area contributed by atoms with Crippen LogP contribution in [0.2, 0.25) is 5.02 Å². The Kier molecular flexibility index (Phi) is 3.02. The molecule has 1 amide bonds. The molecule has 2 aliphatic carbocycles. The number of rotatable bonds is 2. The lowest BCUT2D eigenvalue weighted by Crippen LogP contribution is -2.15. The van der Waals surface area contributed by atoms with Gasteiger partial charge in [0.2, 0.25) is 5.91 Å². The minimum atomic E-state index is -0.463. The number of anilines is 1. The molecule has 0 aromatic heterocycles. The lowest BCUT2D eigenvalue weighted by Gasteiger charge is -2.05. The minimum absolute atomic E-state index is 0.0426. The Bertz CT molecular complexity index is 479. The zero-order valence-electron chi connectivity index (χ0n) is 9.96. The van der Waals surface area contributed by atoms with E-state index in [1.807, 2.05) is 0 Å². The van der Waals surface area contributed by atoms with Crippen LogP contribution in [0.5, 0.6) is 0 Å². The van der Waals surface area contributed by atoms with Crippen LogP contribution < -0.4 is 5.32 Å². The third-order valence-electron chi connectivity index (χ3n) is 4.15. The molecule has 1 aromatic rings. The maximum atomic E-state index is 13.0. The fourth-order valence-electron chi connectivity index (χ4n) is 3.18. The van der Waals surface area contributed by atoms with E-state index in [0.717, 1.165) is 0 Å². The van der Waals surface area contributed by atoms with E-state index in [1.165, 1.54) is 37.8 Å². The van der Waals surface area contributed by atoms with Crippen molar-refractivity contribution in [2.75, 3.05) is 5.32 Å².